The largest absolute Gasteiger partial charge is 0.480 e. The number of aliphatic carboxylic acids is 1. The average molecular weight is 367 g/mol. The highest BCUT2D eigenvalue weighted by Crippen LogP contribution is 2.37. The number of nitrogens with zero attached hydrogens (tertiary/aromatic N) is 3. The van der Waals surface area contributed by atoms with Gasteiger partial charge >= 0.3 is 12.0 Å². The number of likely N-dealkylation sites (N-methyl/N-ethyl adjacent to an activating group) is 1. The fourth-order valence-electron chi connectivity index (χ4n) is 3.96. The Morgan fingerprint density at radius 3 is 2.35 bits per heavy atom. The second-order valence-electron chi connectivity index (χ2n) is 7.43. The molecule has 2 atom stereocenters. The molecule has 2 fully saturated rings. The first-order valence-electron chi connectivity index (χ1n) is 8.96. The van der Waals surface area contributed by atoms with Gasteiger partial charge in [-0.2, -0.15) is 0 Å². The van der Waals surface area contributed by atoms with Crippen molar-refractivity contribution in [3.8, 4) is 0 Å². The van der Waals surface area contributed by atoms with Gasteiger partial charge in [-0.1, -0.05) is 20.4 Å². The smallest absolute Gasteiger partial charge is 0.326 e. The normalized spacial score (nSPS) is 23.2. The number of carbonyl (C=O) groups excluding carboxylic acids is 2. The predicted molar refractivity (Wildman–Crippen MR) is 95.4 cm³/mol. The number of ether oxygens (including phenoxy) is 1. The molecule has 0 aliphatic carbocycles. The van der Waals surface area contributed by atoms with Crippen LogP contribution in [-0.4, -0.2) is 82.3 Å². The van der Waals surface area contributed by atoms with E-state index in [2.05, 4.69) is 6.58 Å². The monoisotopic (exact) mass is 367 g/mol. The van der Waals surface area contributed by atoms with Crippen LogP contribution in [-0.2, 0) is 14.3 Å². The molecule has 0 aromatic heterocycles. The van der Waals surface area contributed by atoms with Crippen LogP contribution in [0.15, 0.2) is 12.7 Å². The lowest BCUT2D eigenvalue weighted by molar-refractivity contribution is -0.143. The molecule has 146 valence electrons. The van der Waals surface area contributed by atoms with Crippen molar-refractivity contribution in [1.82, 2.24) is 14.7 Å². The number of hydrogen-bond donors (Lipinski definition) is 1. The van der Waals surface area contributed by atoms with Gasteiger partial charge in [0, 0.05) is 20.1 Å². The van der Waals surface area contributed by atoms with Crippen LogP contribution in [0.2, 0.25) is 0 Å². The maximum Gasteiger partial charge on any atom is 0.326 e. The number of likely N-dealkylation sites (tertiary alicyclic amines) is 1. The van der Waals surface area contributed by atoms with E-state index >= 15 is 0 Å². The molecule has 0 aromatic rings. The van der Waals surface area contributed by atoms with E-state index in [4.69, 9.17) is 4.74 Å². The van der Waals surface area contributed by atoms with Crippen LogP contribution in [0.1, 0.15) is 33.6 Å². The number of carboxylic acids is 1. The summed E-state index contributed by atoms with van der Waals surface area (Å²) in [5.41, 5.74) is -0.460. The number of piperidine rings is 1. The predicted octanol–water partition coefficient (Wildman–Crippen LogP) is 1.37. The van der Waals surface area contributed by atoms with Gasteiger partial charge in [-0.15, -0.1) is 0 Å². The van der Waals surface area contributed by atoms with Gasteiger partial charge in [0.1, 0.15) is 12.8 Å². The molecule has 2 rings (SSSR count). The molecular weight excluding hydrogens is 338 g/mol. The Balaban J connectivity index is 2.02. The number of carbonyl (C=O) groups is 3. The summed E-state index contributed by atoms with van der Waals surface area (Å²) in [6, 6.07) is -1.24. The van der Waals surface area contributed by atoms with Crippen molar-refractivity contribution in [2.75, 3.05) is 26.9 Å². The second kappa shape index (κ2) is 7.65. The van der Waals surface area contributed by atoms with Crippen LogP contribution in [0.5, 0.6) is 0 Å². The zero-order chi connectivity index (χ0) is 19.6. The maximum absolute atomic E-state index is 12.7. The molecular formula is C18H29N3O5. The molecule has 8 heteroatoms. The molecule has 0 aromatic carbocycles. The van der Waals surface area contributed by atoms with Crippen LogP contribution in [0.4, 0.5) is 4.79 Å². The van der Waals surface area contributed by atoms with Gasteiger partial charge in [0.25, 0.3) is 0 Å². The van der Waals surface area contributed by atoms with Crippen molar-refractivity contribution in [3.05, 3.63) is 12.7 Å². The third kappa shape index (κ3) is 3.56. The molecule has 8 nitrogen and oxygen atoms in total. The van der Waals surface area contributed by atoms with Gasteiger partial charge in [0.2, 0.25) is 5.91 Å². The van der Waals surface area contributed by atoms with Crippen LogP contribution < -0.4 is 0 Å². The van der Waals surface area contributed by atoms with E-state index in [0.29, 0.717) is 25.9 Å². The van der Waals surface area contributed by atoms with Crippen LogP contribution in [0, 0.1) is 5.92 Å². The van der Waals surface area contributed by atoms with Gasteiger partial charge in [-0.05, 0) is 31.8 Å². The number of rotatable bonds is 4. The van der Waals surface area contributed by atoms with E-state index < -0.39 is 17.6 Å². The molecule has 1 unspecified atom stereocenters. The lowest BCUT2D eigenvalue weighted by Crippen LogP contribution is -2.57. The van der Waals surface area contributed by atoms with Crippen LogP contribution in [0.3, 0.4) is 0 Å². The second-order valence-corrected chi connectivity index (χ2v) is 7.43. The fraction of sp³-hybridized carbons (Fsp3) is 0.722. The standard InChI is InChI=1S/C18H29N3O5/c1-6-14(22)21-11-26-18(13(21)4)7-9-20(10-8-18)17(25)19(5)15(12(2)3)16(23)24/h6,12-13,15H,1,7-11H2,2-5H3,(H,23,24)/t13-,15?/m0/s1. The highest BCUT2D eigenvalue weighted by Gasteiger charge is 2.49. The molecule has 2 aliphatic heterocycles. The highest BCUT2D eigenvalue weighted by molar-refractivity contribution is 5.87. The number of amides is 3. The van der Waals surface area contributed by atoms with Gasteiger partial charge in [-0.25, -0.2) is 9.59 Å². The van der Waals surface area contributed by atoms with Gasteiger partial charge in [0.15, 0.2) is 0 Å². The summed E-state index contributed by atoms with van der Waals surface area (Å²) in [4.78, 5) is 40.7. The zero-order valence-electron chi connectivity index (χ0n) is 16.0. The van der Waals surface area contributed by atoms with Crippen molar-refractivity contribution in [2.24, 2.45) is 5.92 Å². The van der Waals surface area contributed by atoms with E-state index in [-0.39, 0.29) is 30.6 Å². The Hall–Kier alpha value is -2.09. The van der Waals surface area contributed by atoms with Crippen molar-refractivity contribution in [1.29, 1.82) is 0 Å². The van der Waals surface area contributed by atoms with Gasteiger partial charge in [0.05, 0.1) is 11.6 Å². The SMILES string of the molecule is C=CC(=O)N1COC2(CCN(C(=O)N(C)C(C(=O)O)C(C)C)CC2)[C@@H]1C. The quantitative estimate of drug-likeness (QED) is 0.758. The molecule has 3 amide bonds. The number of carboxylic acid groups (broad SMARTS) is 1. The van der Waals surface area contributed by atoms with E-state index in [1.807, 2.05) is 6.92 Å². The Labute approximate surface area is 154 Å². The summed E-state index contributed by atoms with van der Waals surface area (Å²) in [6.07, 6.45) is 2.49. The zero-order valence-corrected chi connectivity index (χ0v) is 16.0. The molecule has 0 radical (unpaired) electrons. The molecule has 26 heavy (non-hydrogen) atoms. The lowest BCUT2D eigenvalue weighted by Gasteiger charge is -2.43. The highest BCUT2D eigenvalue weighted by atomic mass is 16.5. The summed E-state index contributed by atoms with van der Waals surface area (Å²) in [6.45, 7) is 10.2. The first-order chi connectivity index (χ1) is 12.1. The minimum atomic E-state index is -1.00. The summed E-state index contributed by atoms with van der Waals surface area (Å²) >= 11 is 0. The summed E-state index contributed by atoms with van der Waals surface area (Å²) in [7, 11) is 1.53. The van der Waals surface area contributed by atoms with Crippen LogP contribution in [0.25, 0.3) is 0 Å². The Morgan fingerprint density at radius 1 is 1.31 bits per heavy atom. The molecule has 1 N–H and O–H groups in total. The van der Waals surface area contributed by atoms with Gasteiger partial charge in [-0.3, -0.25) is 4.79 Å². The number of hydrogen-bond acceptors (Lipinski definition) is 4. The molecule has 1 spiro atoms. The lowest BCUT2D eigenvalue weighted by atomic mass is 9.85. The Bertz CT molecular complexity index is 583. The molecule has 2 heterocycles. The molecule has 2 aliphatic rings. The maximum atomic E-state index is 12.7. The van der Waals surface area contributed by atoms with E-state index in [9.17, 15) is 19.5 Å². The minimum absolute atomic E-state index is 0.0922. The summed E-state index contributed by atoms with van der Waals surface area (Å²) in [5.74, 6) is -1.35. The van der Waals surface area contributed by atoms with Gasteiger partial charge < -0.3 is 24.5 Å². The molecule has 2 saturated heterocycles. The Kier molecular flexibility index (Phi) is 5.95. The minimum Gasteiger partial charge on any atom is -0.480 e. The topological polar surface area (TPSA) is 90.4 Å². The van der Waals surface area contributed by atoms with E-state index in [0.717, 1.165) is 0 Å². The fourth-order valence-corrected chi connectivity index (χ4v) is 3.96. The number of urea groups is 1. The van der Waals surface area contributed by atoms with Crippen molar-refractivity contribution >= 4 is 17.9 Å². The summed E-state index contributed by atoms with van der Waals surface area (Å²) < 4.78 is 5.95. The average Bonchev–Trinajstić information content (AvgIpc) is 2.90. The Morgan fingerprint density at radius 2 is 1.88 bits per heavy atom. The first-order valence-corrected chi connectivity index (χ1v) is 8.96. The van der Waals surface area contributed by atoms with E-state index in [1.54, 1.807) is 23.6 Å². The third-order valence-electron chi connectivity index (χ3n) is 5.66. The van der Waals surface area contributed by atoms with Crippen molar-refractivity contribution in [3.63, 3.8) is 0 Å². The third-order valence-corrected chi connectivity index (χ3v) is 5.66. The summed E-state index contributed by atoms with van der Waals surface area (Å²) in [5, 5.41) is 9.39. The molecule has 0 bridgehead atoms. The molecule has 0 saturated carbocycles. The van der Waals surface area contributed by atoms with Crippen molar-refractivity contribution in [2.45, 2.75) is 51.3 Å². The van der Waals surface area contributed by atoms with Crippen molar-refractivity contribution < 1.29 is 24.2 Å². The first kappa shape index (κ1) is 20.2. The van der Waals surface area contributed by atoms with E-state index in [1.165, 1.54) is 18.0 Å². The van der Waals surface area contributed by atoms with Crippen LogP contribution >= 0.6 is 0 Å².